The minimum absolute atomic E-state index is 0.0887. The van der Waals surface area contributed by atoms with E-state index >= 15 is 0 Å². The largest absolute Gasteiger partial charge is 0.493 e. The number of carbonyl (C=O) groups excluding carboxylic acids is 1. The third-order valence-corrected chi connectivity index (χ3v) is 5.31. The lowest BCUT2D eigenvalue weighted by Gasteiger charge is -2.11. The number of ketones is 1. The lowest BCUT2D eigenvalue weighted by Crippen LogP contribution is -2.04. The molecule has 0 radical (unpaired) electrons. The standard InChI is InChI=1S/C27H26N2O5/c1-18-14-23(29-34-18)24(30)16-20-6-4-7-21(15-20)22-8-5-9-27(28-22)33-13-12-19-10-11-25(31-2)26(17-19)32-3/h4-11,14-15,17H,12-13,16H2,1-3H3. The molecule has 0 atom stereocenters. The van der Waals surface area contributed by atoms with Gasteiger partial charge in [-0.05, 0) is 42.3 Å². The number of aryl methyl sites for hydroxylation is 1. The van der Waals surface area contributed by atoms with Gasteiger partial charge < -0.3 is 18.7 Å². The molecule has 34 heavy (non-hydrogen) atoms. The number of benzene rings is 2. The van der Waals surface area contributed by atoms with Crippen molar-refractivity contribution in [3.63, 3.8) is 0 Å². The molecule has 0 fully saturated rings. The molecule has 0 aliphatic heterocycles. The molecular formula is C27H26N2O5. The molecule has 0 saturated carbocycles. The minimum atomic E-state index is -0.0887. The molecule has 0 bridgehead atoms. The average molecular weight is 459 g/mol. The SMILES string of the molecule is COc1ccc(CCOc2cccc(-c3cccc(CC(=O)c4cc(C)on4)c3)n2)cc1OC. The second-order valence-electron chi connectivity index (χ2n) is 7.77. The van der Waals surface area contributed by atoms with Gasteiger partial charge in [0.05, 0.1) is 26.5 Å². The number of rotatable bonds is 10. The van der Waals surface area contributed by atoms with Gasteiger partial charge in [0.2, 0.25) is 5.88 Å². The number of ether oxygens (including phenoxy) is 3. The maximum atomic E-state index is 12.5. The van der Waals surface area contributed by atoms with Crippen molar-refractivity contribution < 1.29 is 23.5 Å². The number of carbonyl (C=O) groups is 1. The summed E-state index contributed by atoms with van der Waals surface area (Å²) in [5.74, 6) is 2.45. The number of nitrogens with zero attached hydrogens (tertiary/aromatic N) is 2. The van der Waals surface area contributed by atoms with Crippen molar-refractivity contribution in [3.05, 3.63) is 89.3 Å². The first-order valence-electron chi connectivity index (χ1n) is 10.9. The van der Waals surface area contributed by atoms with E-state index in [2.05, 4.69) is 10.1 Å². The lowest BCUT2D eigenvalue weighted by atomic mass is 10.0. The maximum Gasteiger partial charge on any atom is 0.213 e. The molecule has 174 valence electrons. The molecule has 2 aromatic heterocycles. The molecule has 2 aromatic carbocycles. The molecule has 7 heteroatoms. The first-order valence-corrected chi connectivity index (χ1v) is 10.9. The van der Waals surface area contributed by atoms with Gasteiger partial charge in [0.25, 0.3) is 0 Å². The first-order chi connectivity index (χ1) is 16.6. The fourth-order valence-corrected chi connectivity index (χ4v) is 3.58. The normalized spacial score (nSPS) is 10.7. The quantitative estimate of drug-likeness (QED) is 0.305. The van der Waals surface area contributed by atoms with Crippen molar-refractivity contribution >= 4 is 5.78 Å². The number of methoxy groups -OCH3 is 2. The van der Waals surface area contributed by atoms with E-state index in [1.165, 1.54) is 0 Å². The van der Waals surface area contributed by atoms with Gasteiger partial charge in [0.15, 0.2) is 17.3 Å². The van der Waals surface area contributed by atoms with Gasteiger partial charge in [0, 0.05) is 30.5 Å². The van der Waals surface area contributed by atoms with Crippen LogP contribution in [0.25, 0.3) is 11.3 Å². The Kier molecular flexibility index (Phi) is 7.22. The highest BCUT2D eigenvalue weighted by molar-refractivity contribution is 5.95. The van der Waals surface area contributed by atoms with Crippen LogP contribution in [0.2, 0.25) is 0 Å². The van der Waals surface area contributed by atoms with Crippen LogP contribution in [0.5, 0.6) is 17.4 Å². The molecule has 0 amide bonds. The topological polar surface area (TPSA) is 83.7 Å². The lowest BCUT2D eigenvalue weighted by molar-refractivity contribution is 0.0984. The summed E-state index contributed by atoms with van der Waals surface area (Å²) in [6, 6.07) is 20.9. The number of hydrogen-bond donors (Lipinski definition) is 0. The van der Waals surface area contributed by atoms with E-state index in [1.807, 2.05) is 60.7 Å². The van der Waals surface area contributed by atoms with E-state index < -0.39 is 0 Å². The molecule has 0 N–H and O–H groups in total. The van der Waals surface area contributed by atoms with Gasteiger partial charge in [-0.1, -0.05) is 35.5 Å². The Morgan fingerprint density at radius 3 is 2.50 bits per heavy atom. The fourth-order valence-electron chi connectivity index (χ4n) is 3.58. The highest BCUT2D eigenvalue weighted by Gasteiger charge is 2.13. The van der Waals surface area contributed by atoms with Crippen LogP contribution in [-0.2, 0) is 12.8 Å². The van der Waals surface area contributed by atoms with Gasteiger partial charge in [-0.15, -0.1) is 0 Å². The van der Waals surface area contributed by atoms with Gasteiger partial charge in [0.1, 0.15) is 11.5 Å². The third-order valence-electron chi connectivity index (χ3n) is 5.31. The van der Waals surface area contributed by atoms with Crippen molar-refractivity contribution in [2.24, 2.45) is 0 Å². The summed E-state index contributed by atoms with van der Waals surface area (Å²) in [7, 11) is 3.23. The van der Waals surface area contributed by atoms with E-state index in [1.54, 1.807) is 27.2 Å². The van der Waals surface area contributed by atoms with Crippen LogP contribution in [-0.4, -0.2) is 36.8 Å². The molecule has 0 aliphatic carbocycles. The first kappa shape index (κ1) is 23.0. The Hall–Kier alpha value is -4.13. The summed E-state index contributed by atoms with van der Waals surface area (Å²) in [6.45, 7) is 2.23. The zero-order valence-electron chi connectivity index (χ0n) is 19.4. The van der Waals surface area contributed by atoms with Crippen molar-refractivity contribution in [1.82, 2.24) is 10.1 Å². The van der Waals surface area contributed by atoms with Crippen LogP contribution < -0.4 is 14.2 Å². The molecule has 0 spiro atoms. The second kappa shape index (κ2) is 10.7. The predicted molar refractivity (Wildman–Crippen MR) is 128 cm³/mol. The van der Waals surface area contributed by atoms with Gasteiger partial charge >= 0.3 is 0 Å². The number of hydrogen-bond acceptors (Lipinski definition) is 7. The van der Waals surface area contributed by atoms with Crippen LogP contribution in [0.15, 0.2) is 71.3 Å². The Morgan fingerprint density at radius 1 is 0.912 bits per heavy atom. The molecular weight excluding hydrogens is 432 g/mol. The Bertz CT molecular complexity index is 1280. The molecule has 0 unspecified atom stereocenters. The molecule has 0 aliphatic rings. The van der Waals surface area contributed by atoms with Crippen molar-refractivity contribution in [1.29, 1.82) is 0 Å². The number of pyridine rings is 1. The highest BCUT2D eigenvalue weighted by atomic mass is 16.5. The summed E-state index contributed by atoms with van der Waals surface area (Å²) in [6.07, 6.45) is 0.937. The zero-order valence-corrected chi connectivity index (χ0v) is 19.4. The van der Waals surface area contributed by atoms with Gasteiger partial charge in [-0.3, -0.25) is 4.79 Å². The van der Waals surface area contributed by atoms with Crippen molar-refractivity contribution in [3.8, 4) is 28.6 Å². The van der Waals surface area contributed by atoms with E-state index in [9.17, 15) is 4.79 Å². The molecule has 4 rings (SSSR count). The summed E-state index contributed by atoms with van der Waals surface area (Å²) in [5, 5.41) is 3.81. The molecule has 7 nitrogen and oxygen atoms in total. The second-order valence-corrected chi connectivity index (χ2v) is 7.77. The van der Waals surface area contributed by atoms with Crippen LogP contribution in [0, 0.1) is 6.92 Å². The monoisotopic (exact) mass is 458 g/mol. The van der Waals surface area contributed by atoms with Gasteiger partial charge in [-0.2, -0.15) is 0 Å². The third kappa shape index (κ3) is 5.61. The van der Waals surface area contributed by atoms with Crippen molar-refractivity contribution in [2.75, 3.05) is 20.8 Å². The maximum absolute atomic E-state index is 12.5. The Balaban J connectivity index is 1.40. The van der Waals surface area contributed by atoms with Crippen LogP contribution in [0.3, 0.4) is 0 Å². The van der Waals surface area contributed by atoms with E-state index in [-0.39, 0.29) is 12.2 Å². The number of aromatic nitrogens is 2. The van der Waals surface area contributed by atoms with Crippen LogP contribution in [0.1, 0.15) is 27.4 Å². The van der Waals surface area contributed by atoms with Crippen LogP contribution >= 0.6 is 0 Å². The minimum Gasteiger partial charge on any atom is -0.493 e. The fraction of sp³-hybridized carbons (Fsp3) is 0.222. The summed E-state index contributed by atoms with van der Waals surface area (Å²) in [5.41, 5.74) is 3.98. The molecule has 2 heterocycles. The highest BCUT2D eigenvalue weighted by Crippen LogP contribution is 2.28. The summed E-state index contributed by atoms with van der Waals surface area (Å²) >= 11 is 0. The van der Waals surface area contributed by atoms with Crippen molar-refractivity contribution in [2.45, 2.75) is 19.8 Å². The zero-order chi connectivity index (χ0) is 23.9. The van der Waals surface area contributed by atoms with E-state index in [4.69, 9.17) is 18.7 Å². The molecule has 4 aromatic rings. The van der Waals surface area contributed by atoms with E-state index in [0.29, 0.717) is 41.9 Å². The smallest absolute Gasteiger partial charge is 0.213 e. The van der Waals surface area contributed by atoms with Gasteiger partial charge in [-0.25, -0.2) is 4.98 Å². The number of Topliss-reactive ketones (excluding diaryl/α,β-unsaturated/α-hetero) is 1. The average Bonchev–Trinajstić information content (AvgIpc) is 3.31. The van der Waals surface area contributed by atoms with E-state index in [0.717, 1.165) is 22.4 Å². The Labute approximate surface area is 198 Å². The van der Waals surface area contributed by atoms with Crippen LogP contribution in [0.4, 0.5) is 0 Å². The predicted octanol–water partition coefficient (Wildman–Crippen LogP) is 5.11. The Morgan fingerprint density at radius 2 is 1.74 bits per heavy atom. The summed E-state index contributed by atoms with van der Waals surface area (Å²) < 4.78 is 21.5. The summed E-state index contributed by atoms with van der Waals surface area (Å²) in [4.78, 5) is 17.1. The molecule has 0 saturated heterocycles.